The highest BCUT2D eigenvalue weighted by atomic mass is 79.9. The van der Waals surface area contributed by atoms with Crippen LogP contribution in [-0.2, 0) is 14.8 Å². The number of rotatable bonds is 4. The standard InChI is InChI=1S/C13H15BrFNO4S/c14-11-7-10(5-6-12(11)15)21(19,20)16-9-3-1-8(2-4-9)13(17)18/h5-9,16H,1-4H2,(H,17,18). The summed E-state index contributed by atoms with van der Waals surface area (Å²) in [4.78, 5) is 10.8. The minimum absolute atomic E-state index is 0.0175. The number of carboxylic acids is 1. The number of aliphatic carboxylic acids is 1. The predicted molar refractivity (Wildman–Crippen MR) is 77.8 cm³/mol. The second-order valence-corrected chi connectivity index (χ2v) is 7.65. The topological polar surface area (TPSA) is 83.5 Å². The largest absolute Gasteiger partial charge is 0.481 e. The molecule has 0 bridgehead atoms. The molecule has 1 saturated carbocycles. The summed E-state index contributed by atoms with van der Waals surface area (Å²) < 4.78 is 40.2. The van der Waals surface area contributed by atoms with E-state index in [0.717, 1.165) is 6.07 Å². The molecule has 0 saturated heterocycles. The van der Waals surface area contributed by atoms with Crippen LogP contribution in [0, 0.1) is 11.7 Å². The lowest BCUT2D eigenvalue weighted by Gasteiger charge is -2.26. The molecule has 8 heteroatoms. The van der Waals surface area contributed by atoms with Crippen molar-refractivity contribution in [2.24, 2.45) is 5.92 Å². The van der Waals surface area contributed by atoms with Crippen molar-refractivity contribution in [1.29, 1.82) is 0 Å². The van der Waals surface area contributed by atoms with E-state index in [0.29, 0.717) is 25.7 Å². The fourth-order valence-electron chi connectivity index (χ4n) is 2.39. The molecule has 0 heterocycles. The highest BCUT2D eigenvalue weighted by molar-refractivity contribution is 9.10. The van der Waals surface area contributed by atoms with Gasteiger partial charge >= 0.3 is 5.97 Å². The van der Waals surface area contributed by atoms with Crippen LogP contribution in [-0.4, -0.2) is 25.5 Å². The molecule has 1 aliphatic carbocycles. The van der Waals surface area contributed by atoms with Crippen molar-refractivity contribution >= 4 is 31.9 Å². The summed E-state index contributed by atoms with van der Waals surface area (Å²) in [5.74, 6) is -1.76. The summed E-state index contributed by atoms with van der Waals surface area (Å²) >= 11 is 2.96. The SMILES string of the molecule is O=C(O)C1CCC(NS(=O)(=O)c2ccc(F)c(Br)c2)CC1. The highest BCUT2D eigenvalue weighted by Crippen LogP contribution is 2.26. The number of halogens is 2. The van der Waals surface area contributed by atoms with E-state index >= 15 is 0 Å². The third-order valence-corrected chi connectivity index (χ3v) is 5.73. The molecule has 1 aliphatic rings. The number of sulfonamides is 1. The Morgan fingerprint density at radius 2 is 1.90 bits per heavy atom. The van der Waals surface area contributed by atoms with E-state index in [-0.39, 0.29) is 15.4 Å². The molecule has 116 valence electrons. The number of carboxylic acid groups (broad SMARTS) is 1. The molecule has 0 aliphatic heterocycles. The Morgan fingerprint density at radius 1 is 1.29 bits per heavy atom. The Morgan fingerprint density at radius 3 is 2.43 bits per heavy atom. The molecule has 0 spiro atoms. The number of nitrogens with one attached hydrogen (secondary N) is 1. The molecule has 0 unspecified atom stereocenters. The van der Waals surface area contributed by atoms with E-state index in [9.17, 15) is 17.6 Å². The van der Waals surface area contributed by atoms with Gasteiger partial charge in [0.25, 0.3) is 0 Å². The summed E-state index contributed by atoms with van der Waals surface area (Å²) in [6.07, 6.45) is 1.88. The normalized spacial score (nSPS) is 23.0. The van der Waals surface area contributed by atoms with Crippen molar-refractivity contribution in [2.75, 3.05) is 0 Å². The highest BCUT2D eigenvalue weighted by Gasteiger charge is 2.29. The maximum atomic E-state index is 13.1. The number of hydrogen-bond acceptors (Lipinski definition) is 3. The fraction of sp³-hybridized carbons (Fsp3) is 0.462. The van der Waals surface area contributed by atoms with Gasteiger partial charge in [-0.15, -0.1) is 0 Å². The lowest BCUT2D eigenvalue weighted by Crippen LogP contribution is -2.38. The Kier molecular flexibility index (Phi) is 5.00. The zero-order chi connectivity index (χ0) is 15.6. The molecular weight excluding hydrogens is 365 g/mol. The van der Waals surface area contributed by atoms with E-state index in [1.54, 1.807) is 0 Å². The molecule has 2 rings (SSSR count). The third-order valence-electron chi connectivity index (χ3n) is 3.60. The predicted octanol–water partition coefficient (Wildman–Crippen LogP) is 2.51. The molecule has 0 aromatic heterocycles. The van der Waals surface area contributed by atoms with Gasteiger partial charge in [0, 0.05) is 6.04 Å². The Labute approximate surface area is 130 Å². The number of benzene rings is 1. The van der Waals surface area contributed by atoms with Crippen LogP contribution in [0.3, 0.4) is 0 Å². The zero-order valence-electron chi connectivity index (χ0n) is 11.1. The lowest BCUT2D eigenvalue weighted by atomic mass is 9.87. The molecule has 1 fully saturated rings. The Hall–Kier alpha value is -0.990. The maximum Gasteiger partial charge on any atom is 0.306 e. The first-order valence-electron chi connectivity index (χ1n) is 6.50. The summed E-state index contributed by atoms with van der Waals surface area (Å²) in [7, 11) is -3.73. The van der Waals surface area contributed by atoms with Gasteiger partial charge in [-0.2, -0.15) is 0 Å². The minimum Gasteiger partial charge on any atom is -0.481 e. The van der Waals surface area contributed by atoms with Gasteiger partial charge in [-0.1, -0.05) is 0 Å². The van der Waals surface area contributed by atoms with Gasteiger partial charge in [0.05, 0.1) is 15.3 Å². The van der Waals surface area contributed by atoms with Crippen molar-refractivity contribution in [3.8, 4) is 0 Å². The minimum atomic E-state index is -3.73. The van der Waals surface area contributed by atoms with Gasteiger partial charge in [0.2, 0.25) is 10.0 Å². The monoisotopic (exact) mass is 379 g/mol. The first-order valence-corrected chi connectivity index (χ1v) is 8.77. The number of carbonyl (C=O) groups is 1. The molecule has 1 aromatic rings. The van der Waals surface area contributed by atoms with Crippen LogP contribution in [0.4, 0.5) is 4.39 Å². The molecule has 5 nitrogen and oxygen atoms in total. The van der Waals surface area contributed by atoms with Gasteiger partial charge in [-0.05, 0) is 59.8 Å². The summed E-state index contributed by atoms with van der Waals surface area (Å²) in [5, 5.41) is 8.91. The molecule has 0 atom stereocenters. The second-order valence-electron chi connectivity index (χ2n) is 5.08. The smallest absolute Gasteiger partial charge is 0.306 e. The van der Waals surface area contributed by atoms with Crippen LogP contribution in [0.2, 0.25) is 0 Å². The average Bonchev–Trinajstić information content (AvgIpc) is 2.42. The Balaban J connectivity index is 2.05. The van der Waals surface area contributed by atoms with E-state index in [1.165, 1.54) is 12.1 Å². The molecule has 0 amide bonds. The van der Waals surface area contributed by atoms with Gasteiger partial charge < -0.3 is 5.11 Å². The Bertz CT molecular complexity index is 642. The van der Waals surface area contributed by atoms with Crippen molar-refractivity contribution in [3.63, 3.8) is 0 Å². The quantitative estimate of drug-likeness (QED) is 0.841. The van der Waals surface area contributed by atoms with Crippen LogP contribution in [0.1, 0.15) is 25.7 Å². The molecular formula is C13H15BrFNO4S. The van der Waals surface area contributed by atoms with Crippen LogP contribution < -0.4 is 4.72 Å². The van der Waals surface area contributed by atoms with Gasteiger partial charge in [-0.3, -0.25) is 4.79 Å². The van der Waals surface area contributed by atoms with Gasteiger partial charge in [0.1, 0.15) is 5.82 Å². The van der Waals surface area contributed by atoms with Crippen molar-refractivity contribution < 1.29 is 22.7 Å². The maximum absolute atomic E-state index is 13.1. The van der Waals surface area contributed by atoms with Crippen molar-refractivity contribution in [3.05, 3.63) is 28.5 Å². The van der Waals surface area contributed by atoms with Crippen LogP contribution in [0.5, 0.6) is 0 Å². The van der Waals surface area contributed by atoms with E-state index in [1.807, 2.05) is 0 Å². The van der Waals surface area contributed by atoms with Gasteiger partial charge in [-0.25, -0.2) is 17.5 Å². The van der Waals surface area contributed by atoms with E-state index in [2.05, 4.69) is 20.7 Å². The van der Waals surface area contributed by atoms with Gasteiger partial charge in [0.15, 0.2) is 0 Å². The lowest BCUT2D eigenvalue weighted by molar-refractivity contribution is -0.142. The molecule has 0 radical (unpaired) electrons. The molecule has 2 N–H and O–H groups in total. The van der Waals surface area contributed by atoms with Crippen LogP contribution >= 0.6 is 15.9 Å². The second kappa shape index (κ2) is 6.41. The fourth-order valence-corrected chi connectivity index (χ4v) is 4.25. The first kappa shape index (κ1) is 16.4. The first-order chi connectivity index (χ1) is 9.79. The van der Waals surface area contributed by atoms with Crippen molar-refractivity contribution in [1.82, 2.24) is 4.72 Å². The summed E-state index contributed by atoms with van der Waals surface area (Å²) in [6, 6.07) is 3.21. The molecule has 21 heavy (non-hydrogen) atoms. The van der Waals surface area contributed by atoms with E-state index in [4.69, 9.17) is 5.11 Å². The average molecular weight is 380 g/mol. The third kappa shape index (κ3) is 4.02. The zero-order valence-corrected chi connectivity index (χ0v) is 13.5. The van der Waals surface area contributed by atoms with Crippen molar-refractivity contribution in [2.45, 2.75) is 36.6 Å². The van der Waals surface area contributed by atoms with E-state index < -0.39 is 27.7 Å². The van der Waals surface area contributed by atoms with Crippen LogP contribution in [0.15, 0.2) is 27.6 Å². The number of hydrogen-bond donors (Lipinski definition) is 2. The molecule has 1 aromatic carbocycles. The van der Waals surface area contributed by atoms with Crippen LogP contribution in [0.25, 0.3) is 0 Å². The summed E-state index contributed by atoms with van der Waals surface area (Å²) in [5.41, 5.74) is 0. The summed E-state index contributed by atoms with van der Waals surface area (Å²) in [6.45, 7) is 0.